The van der Waals surface area contributed by atoms with Crippen LogP contribution in [0.5, 0.6) is 5.75 Å². The molecular formula is C22H25F3N4O. The maximum absolute atomic E-state index is 13.4. The summed E-state index contributed by atoms with van der Waals surface area (Å²) in [4.78, 5) is 7.90. The quantitative estimate of drug-likeness (QED) is 0.562. The fourth-order valence-electron chi connectivity index (χ4n) is 3.43. The van der Waals surface area contributed by atoms with Crippen LogP contribution in [0.2, 0.25) is 0 Å². The van der Waals surface area contributed by atoms with Gasteiger partial charge in [-0.3, -0.25) is 4.98 Å². The lowest BCUT2D eigenvalue weighted by molar-refractivity contribution is -0.136. The molecule has 0 unspecified atom stereocenters. The first-order valence-corrected chi connectivity index (χ1v) is 9.42. The molecule has 0 amide bonds. The molecule has 2 N–H and O–H groups in total. The highest BCUT2D eigenvalue weighted by molar-refractivity contribution is 5.95. The summed E-state index contributed by atoms with van der Waals surface area (Å²) in [7, 11) is 7.70. The molecule has 0 aliphatic rings. The van der Waals surface area contributed by atoms with Crippen LogP contribution in [-0.2, 0) is 19.3 Å². The van der Waals surface area contributed by atoms with Crippen molar-refractivity contribution in [3.8, 4) is 5.75 Å². The van der Waals surface area contributed by atoms with E-state index in [2.05, 4.69) is 10.3 Å². The van der Waals surface area contributed by atoms with Gasteiger partial charge in [0.1, 0.15) is 5.75 Å². The summed E-state index contributed by atoms with van der Waals surface area (Å²) in [5.41, 5.74) is 1.67. The predicted molar refractivity (Wildman–Crippen MR) is 113 cm³/mol. The molecule has 2 aromatic carbocycles. The molecular weight excluding hydrogens is 393 g/mol. The third-order valence-electron chi connectivity index (χ3n) is 4.58. The number of rotatable bonds is 6. The van der Waals surface area contributed by atoms with Gasteiger partial charge >= 0.3 is 6.18 Å². The van der Waals surface area contributed by atoms with Crippen molar-refractivity contribution in [2.45, 2.75) is 19.3 Å². The number of phenolic OH excluding ortho intramolecular Hbond substituents is 1. The van der Waals surface area contributed by atoms with E-state index in [1.54, 1.807) is 12.1 Å². The fraction of sp³-hybridized carbons (Fsp3) is 0.318. The lowest BCUT2D eigenvalue weighted by Crippen LogP contribution is -2.14. The number of fused-ring (bicyclic) bond motifs is 1. The van der Waals surface area contributed by atoms with Crippen molar-refractivity contribution in [2.75, 3.05) is 33.5 Å². The standard InChI is InChI=1S/C22H25F3N4O/c1-28(2)12-14-10-15(13-29(3)4)21(30)19(11-14)27-18-8-9-26-20-16(18)6-5-7-17(20)22(23,24)25/h5-11,30H,12-13H2,1-4H3,(H,26,27). The summed E-state index contributed by atoms with van der Waals surface area (Å²) in [6.07, 6.45) is -3.17. The molecule has 160 valence electrons. The van der Waals surface area contributed by atoms with Gasteiger partial charge < -0.3 is 20.2 Å². The summed E-state index contributed by atoms with van der Waals surface area (Å²) in [6, 6.07) is 9.32. The smallest absolute Gasteiger partial charge is 0.418 e. The van der Waals surface area contributed by atoms with Gasteiger partial charge in [-0.2, -0.15) is 13.2 Å². The van der Waals surface area contributed by atoms with Gasteiger partial charge in [0, 0.05) is 35.9 Å². The minimum absolute atomic E-state index is 0.0724. The Kier molecular flexibility index (Phi) is 6.19. The van der Waals surface area contributed by atoms with E-state index >= 15 is 0 Å². The summed E-state index contributed by atoms with van der Waals surface area (Å²) in [5, 5.41) is 14.3. The van der Waals surface area contributed by atoms with Gasteiger partial charge in [-0.25, -0.2) is 0 Å². The topological polar surface area (TPSA) is 51.6 Å². The number of aromatic nitrogens is 1. The van der Waals surface area contributed by atoms with E-state index in [4.69, 9.17) is 0 Å². The SMILES string of the molecule is CN(C)Cc1cc(CN(C)C)c(O)c(Nc2ccnc3c(C(F)(F)F)cccc23)c1. The predicted octanol–water partition coefficient (Wildman–Crippen LogP) is 4.83. The second-order valence-corrected chi connectivity index (χ2v) is 7.81. The average molecular weight is 418 g/mol. The minimum Gasteiger partial charge on any atom is -0.505 e. The largest absolute Gasteiger partial charge is 0.505 e. The number of benzene rings is 2. The first-order valence-electron chi connectivity index (χ1n) is 9.42. The number of para-hydroxylation sites is 1. The first kappa shape index (κ1) is 21.9. The number of phenols is 1. The third kappa shape index (κ3) is 4.83. The normalized spacial score (nSPS) is 12.2. The number of aromatic hydroxyl groups is 1. The van der Waals surface area contributed by atoms with Crippen LogP contribution in [0.3, 0.4) is 0 Å². The molecule has 0 aliphatic carbocycles. The zero-order valence-corrected chi connectivity index (χ0v) is 17.4. The lowest BCUT2D eigenvalue weighted by atomic mass is 10.0. The Morgan fingerprint density at radius 1 is 0.967 bits per heavy atom. The van der Waals surface area contributed by atoms with E-state index in [1.165, 1.54) is 12.3 Å². The van der Waals surface area contributed by atoms with Crippen molar-refractivity contribution in [3.05, 3.63) is 59.3 Å². The van der Waals surface area contributed by atoms with E-state index in [0.717, 1.165) is 17.2 Å². The van der Waals surface area contributed by atoms with Gasteiger partial charge in [0.05, 0.1) is 16.8 Å². The lowest BCUT2D eigenvalue weighted by Gasteiger charge is -2.19. The van der Waals surface area contributed by atoms with Crippen molar-refractivity contribution < 1.29 is 18.3 Å². The van der Waals surface area contributed by atoms with Crippen LogP contribution in [0.4, 0.5) is 24.5 Å². The molecule has 0 saturated carbocycles. The van der Waals surface area contributed by atoms with Gasteiger partial charge in [0.15, 0.2) is 0 Å². The summed E-state index contributed by atoms with van der Waals surface area (Å²) < 4.78 is 40.1. The summed E-state index contributed by atoms with van der Waals surface area (Å²) in [5.74, 6) is 0.0724. The number of anilines is 2. The van der Waals surface area contributed by atoms with Gasteiger partial charge in [-0.05, 0) is 58.0 Å². The van der Waals surface area contributed by atoms with Crippen molar-refractivity contribution in [3.63, 3.8) is 0 Å². The van der Waals surface area contributed by atoms with Crippen molar-refractivity contribution in [1.29, 1.82) is 0 Å². The molecule has 0 atom stereocenters. The Bertz CT molecular complexity index is 1050. The molecule has 1 heterocycles. The number of alkyl halides is 3. The molecule has 3 rings (SSSR count). The Labute approximate surface area is 173 Å². The van der Waals surface area contributed by atoms with Crippen LogP contribution < -0.4 is 5.32 Å². The van der Waals surface area contributed by atoms with E-state index in [9.17, 15) is 18.3 Å². The van der Waals surface area contributed by atoms with Gasteiger partial charge in [0.25, 0.3) is 0 Å². The van der Waals surface area contributed by atoms with Gasteiger partial charge in [-0.15, -0.1) is 0 Å². The number of hydrogen-bond donors (Lipinski definition) is 2. The number of halogens is 3. The highest BCUT2D eigenvalue weighted by Crippen LogP contribution is 2.38. The van der Waals surface area contributed by atoms with E-state index in [1.807, 2.05) is 50.1 Å². The monoisotopic (exact) mass is 418 g/mol. The van der Waals surface area contributed by atoms with Crippen LogP contribution >= 0.6 is 0 Å². The van der Waals surface area contributed by atoms with E-state index in [-0.39, 0.29) is 11.3 Å². The Morgan fingerprint density at radius 3 is 2.30 bits per heavy atom. The Balaban J connectivity index is 2.10. The van der Waals surface area contributed by atoms with Crippen LogP contribution in [0.15, 0.2) is 42.6 Å². The number of nitrogens with zero attached hydrogens (tertiary/aromatic N) is 3. The summed E-state index contributed by atoms with van der Waals surface area (Å²) >= 11 is 0. The molecule has 0 aliphatic heterocycles. The van der Waals surface area contributed by atoms with E-state index in [0.29, 0.717) is 29.9 Å². The second-order valence-electron chi connectivity index (χ2n) is 7.81. The molecule has 0 fully saturated rings. The maximum Gasteiger partial charge on any atom is 0.418 e. The molecule has 0 radical (unpaired) electrons. The van der Waals surface area contributed by atoms with E-state index < -0.39 is 11.7 Å². The molecule has 0 bridgehead atoms. The second kappa shape index (κ2) is 8.49. The summed E-state index contributed by atoms with van der Waals surface area (Å²) in [6.45, 7) is 1.18. The molecule has 3 aromatic rings. The van der Waals surface area contributed by atoms with Crippen molar-refractivity contribution >= 4 is 22.3 Å². The average Bonchev–Trinajstić information content (AvgIpc) is 2.63. The van der Waals surface area contributed by atoms with Crippen LogP contribution in [-0.4, -0.2) is 48.1 Å². The van der Waals surface area contributed by atoms with Gasteiger partial charge in [-0.1, -0.05) is 12.1 Å². The van der Waals surface area contributed by atoms with Crippen LogP contribution in [0.25, 0.3) is 10.9 Å². The molecule has 5 nitrogen and oxygen atoms in total. The van der Waals surface area contributed by atoms with Gasteiger partial charge in [0.2, 0.25) is 0 Å². The zero-order chi connectivity index (χ0) is 22.1. The Morgan fingerprint density at radius 2 is 1.67 bits per heavy atom. The molecule has 0 spiro atoms. The molecule has 1 aromatic heterocycles. The first-order chi connectivity index (χ1) is 14.1. The third-order valence-corrected chi connectivity index (χ3v) is 4.58. The molecule has 0 saturated heterocycles. The van der Waals surface area contributed by atoms with Crippen molar-refractivity contribution in [1.82, 2.24) is 14.8 Å². The minimum atomic E-state index is -4.50. The molecule has 30 heavy (non-hydrogen) atoms. The van der Waals surface area contributed by atoms with Crippen molar-refractivity contribution in [2.24, 2.45) is 0 Å². The van der Waals surface area contributed by atoms with Crippen LogP contribution in [0.1, 0.15) is 16.7 Å². The highest BCUT2D eigenvalue weighted by Gasteiger charge is 2.33. The van der Waals surface area contributed by atoms with Crippen LogP contribution in [0, 0.1) is 0 Å². The molecule has 8 heteroatoms. The number of nitrogens with one attached hydrogen (secondary N) is 1. The fourth-order valence-corrected chi connectivity index (χ4v) is 3.43. The highest BCUT2D eigenvalue weighted by atomic mass is 19.4. The zero-order valence-electron chi connectivity index (χ0n) is 17.4. The number of pyridine rings is 1. The number of hydrogen-bond acceptors (Lipinski definition) is 5. The Hall–Kier alpha value is -2.84. The maximum atomic E-state index is 13.4.